The molecule has 5 N–H and O–H groups in total. The molecule has 25 heavy (non-hydrogen) atoms. The maximum Gasteiger partial charge on any atom is 0.225 e. The smallest absolute Gasteiger partial charge is 0.225 e. The number of rotatable bonds is 9. The third-order valence-corrected chi connectivity index (χ3v) is 3.51. The molecule has 10 heteroatoms. The fraction of sp³-hybridized carbons (Fsp3) is 0.600. The van der Waals surface area contributed by atoms with Crippen molar-refractivity contribution in [2.75, 3.05) is 48.5 Å². The Hall–Kier alpha value is -2.13. The molecule has 0 aliphatic rings. The average molecular weight is 371 g/mol. The number of hydrogen-bond acceptors (Lipinski definition) is 9. The molecule has 1 atom stereocenters. The van der Waals surface area contributed by atoms with Gasteiger partial charge in [0, 0.05) is 27.2 Å². The molecule has 0 aliphatic heterocycles. The van der Waals surface area contributed by atoms with Crippen molar-refractivity contribution in [3.05, 3.63) is 0 Å². The number of nitrogens with zero attached hydrogens (tertiary/aromatic N) is 4. The number of anilines is 4. The SMILES string of the molecule is CCCNc1nc(NC)nc2c(NCC(O)CC)nc(NC)nc12.Cl. The minimum absolute atomic E-state index is 0. The van der Waals surface area contributed by atoms with Crippen LogP contribution in [0.25, 0.3) is 11.0 Å². The quantitative estimate of drug-likeness (QED) is 0.450. The average Bonchev–Trinajstić information content (AvgIpc) is 2.63. The third-order valence-electron chi connectivity index (χ3n) is 3.51. The zero-order valence-corrected chi connectivity index (χ0v) is 15.9. The van der Waals surface area contributed by atoms with Gasteiger partial charge in [0.25, 0.3) is 0 Å². The monoisotopic (exact) mass is 370 g/mol. The maximum absolute atomic E-state index is 9.81. The Morgan fingerprint density at radius 2 is 1.40 bits per heavy atom. The molecule has 0 radical (unpaired) electrons. The highest BCUT2D eigenvalue weighted by Crippen LogP contribution is 2.26. The number of aromatic nitrogens is 4. The van der Waals surface area contributed by atoms with E-state index in [-0.39, 0.29) is 12.4 Å². The summed E-state index contributed by atoms with van der Waals surface area (Å²) in [6.45, 7) is 5.19. The van der Waals surface area contributed by atoms with Crippen LogP contribution in [0.1, 0.15) is 26.7 Å². The van der Waals surface area contributed by atoms with E-state index < -0.39 is 6.10 Å². The van der Waals surface area contributed by atoms with E-state index in [4.69, 9.17) is 0 Å². The highest BCUT2D eigenvalue weighted by atomic mass is 35.5. The third kappa shape index (κ3) is 5.17. The van der Waals surface area contributed by atoms with Gasteiger partial charge in [-0.2, -0.15) is 9.97 Å². The zero-order valence-electron chi connectivity index (χ0n) is 15.1. The predicted molar refractivity (Wildman–Crippen MR) is 105 cm³/mol. The van der Waals surface area contributed by atoms with E-state index in [2.05, 4.69) is 48.1 Å². The fourth-order valence-corrected chi connectivity index (χ4v) is 2.09. The number of aliphatic hydroxyl groups excluding tert-OH is 1. The van der Waals surface area contributed by atoms with Gasteiger partial charge in [-0.25, -0.2) is 9.97 Å². The molecule has 9 nitrogen and oxygen atoms in total. The molecule has 0 aromatic carbocycles. The lowest BCUT2D eigenvalue weighted by atomic mass is 10.3. The molecule has 2 aromatic heterocycles. The first-order chi connectivity index (χ1) is 11.6. The van der Waals surface area contributed by atoms with Crippen molar-refractivity contribution in [1.29, 1.82) is 0 Å². The summed E-state index contributed by atoms with van der Waals surface area (Å²) in [5.74, 6) is 2.18. The number of nitrogens with one attached hydrogen (secondary N) is 4. The first kappa shape index (κ1) is 20.9. The van der Waals surface area contributed by atoms with Crippen molar-refractivity contribution < 1.29 is 5.11 Å². The molecule has 0 spiro atoms. The van der Waals surface area contributed by atoms with Crippen LogP contribution in [-0.2, 0) is 0 Å². The summed E-state index contributed by atoms with van der Waals surface area (Å²) in [7, 11) is 3.52. The second-order valence-corrected chi connectivity index (χ2v) is 5.36. The van der Waals surface area contributed by atoms with Gasteiger partial charge in [-0.15, -0.1) is 12.4 Å². The van der Waals surface area contributed by atoms with Crippen LogP contribution < -0.4 is 21.3 Å². The highest BCUT2D eigenvalue weighted by Gasteiger charge is 2.16. The normalized spacial score (nSPS) is 11.6. The van der Waals surface area contributed by atoms with Crippen LogP contribution in [0, 0.1) is 0 Å². The van der Waals surface area contributed by atoms with E-state index in [1.54, 1.807) is 14.1 Å². The summed E-state index contributed by atoms with van der Waals surface area (Å²) in [6, 6.07) is 0. The molecule has 0 amide bonds. The minimum Gasteiger partial charge on any atom is -0.391 e. The number of fused-ring (bicyclic) bond motifs is 1. The second-order valence-electron chi connectivity index (χ2n) is 5.36. The molecule has 2 rings (SSSR count). The Kier molecular flexibility index (Phi) is 8.36. The molecule has 2 aromatic rings. The van der Waals surface area contributed by atoms with E-state index in [0.717, 1.165) is 13.0 Å². The zero-order chi connectivity index (χ0) is 17.5. The molecule has 0 bridgehead atoms. The van der Waals surface area contributed by atoms with Crippen LogP contribution in [0.5, 0.6) is 0 Å². The minimum atomic E-state index is -0.448. The number of halogens is 1. The van der Waals surface area contributed by atoms with Gasteiger partial charge in [0.15, 0.2) is 11.6 Å². The summed E-state index contributed by atoms with van der Waals surface area (Å²) < 4.78 is 0. The van der Waals surface area contributed by atoms with E-state index in [9.17, 15) is 5.11 Å². The molecule has 0 saturated heterocycles. The molecule has 1 unspecified atom stereocenters. The standard InChI is InChI=1S/C15H26N8O.ClH/c1-5-7-18-12-10-11(21-14(16-3)22-12)13(19-8-9(24)6-2)23-15(17-4)20-10;/h9,24H,5-8H2,1-4H3,(H2,16,18,21,22)(H2,17,19,20,23);1H. The van der Waals surface area contributed by atoms with Crippen molar-refractivity contribution in [3.8, 4) is 0 Å². The lowest BCUT2D eigenvalue weighted by Crippen LogP contribution is -2.20. The van der Waals surface area contributed by atoms with Crippen molar-refractivity contribution in [1.82, 2.24) is 19.9 Å². The van der Waals surface area contributed by atoms with Crippen LogP contribution in [0.3, 0.4) is 0 Å². The van der Waals surface area contributed by atoms with Gasteiger partial charge in [-0.3, -0.25) is 0 Å². The summed E-state index contributed by atoms with van der Waals surface area (Å²) in [4.78, 5) is 17.9. The molecule has 140 valence electrons. The van der Waals surface area contributed by atoms with Gasteiger partial charge in [0.2, 0.25) is 11.9 Å². The van der Waals surface area contributed by atoms with Gasteiger partial charge in [0.1, 0.15) is 11.0 Å². The van der Waals surface area contributed by atoms with E-state index in [0.29, 0.717) is 47.5 Å². The van der Waals surface area contributed by atoms with Crippen LogP contribution >= 0.6 is 12.4 Å². The second kappa shape index (κ2) is 10.00. The lowest BCUT2D eigenvalue weighted by Gasteiger charge is -2.15. The van der Waals surface area contributed by atoms with E-state index in [1.807, 2.05) is 6.92 Å². The number of aliphatic hydroxyl groups is 1. The lowest BCUT2D eigenvalue weighted by molar-refractivity contribution is 0.183. The Balaban J connectivity index is 0.00000312. The van der Waals surface area contributed by atoms with Gasteiger partial charge in [0.05, 0.1) is 6.10 Å². The summed E-state index contributed by atoms with van der Waals surface area (Å²) in [5, 5.41) is 22.2. The summed E-state index contributed by atoms with van der Waals surface area (Å²) in [6.07, 6.45) is 1.18. The summed E-state index contributed by atoms with van der Waals surface area (Å²) in [5.41, 5.74) is 1.24. The Morgan fingerprint density at radius 3 is 1.84 bits per heavy atom. The van der Waals surface area contributed by atoms with Crippen molar-refractivity contribution >= 4 is 47.0 Å². The fourth-order valence-electron chi connectivity index (χ4n) is 2.09. The van der Waals surface area contributed by atoms with Crippen LogP contribution in [0.2, 0.25) is 0 Å². The van der Waals surface area contributed by atoms with Gasteiger partial charge >= 0.3 is 0 Å². The predicted octanol–water partition coefficient (Wildman–Crippen LogP) is 1.93. The molecule has 0 saturated carbocycles. The Morgan fingerprint density at radius 1 is 0.880 bits per heavy atom. The first-order valence-corrected chi connectivity index (χ1v) is 8.23. The largest absolute Gasteiger partial charge is 0.391 e. The van der Waals surface area contributed by atoms with Crippen molar-refractivity contribution in [2.24, 2.45) is 0 Å². The van der Waals surface area contributed by atoms with Gasteiger partial charge in [-0.05, 0) is 12.8 Å². The van der Waals surface area contributed by atoms with E-state index >= 15 is 0 Å². The molecule has 2 heterocycles. The van der Waals surface area contributed by atoms with Crippen LogP contribution in [0.4, 0.5) is 23.5 Å². The van der Waals surface area contributed by atoms with E-state index in [1.165, 1.54) is 0 Å². The molecule has 0 aliphatic carbocycles. The van der Waals surface area contributed by atoms with Gasteiger partial charge in [-0.1, -0.05) is 13.8 Å². The first-order valence-electron chi connectivity index (χ1n) is 8.23. The van der Waals surface area contributed by atoms with Crippen molar-refractivity contribution in [2.45, 2.75) is 32.8 Å². The Labute approximate surface area is 153 Å². The summed E-state index contributed by atoms with van der Waals surface area (Å²) >= 11 is 0. The maximum atomic E-state index is 9.81. The van der Waals surface area contributed by atoms with Crippen molar-refractivity contribution in [3.63, 3.8) is 0 Å². The molecular weight excluding hydrogens is 344 g/mol. The number of hydrogen-bond donors (Lipinski definition) is 5. The van der Waals surface area contributed by atoms with Gasteiger partial charge < -0.3 is 26.4 Å². The highest BCUT2D eigenvalue weighted by molar-refractivity contribution is 5.94. The topological polar surface area (TPSA) is 120 Å². The molecular formula is C15H27ClN8O. The Bertz CT molecular complexity index is 684. The molecule has 0 fully saturated rings. The van der Waals surface area contributed by atoms with Crippen LogP contribution in [0.15, 0.2) is 0 Å². The van der Waals surface area contributed by atoms with Crippen LogP contribution in [-0.4, -0.2) is 58.3 Å².